The second kappa shape index (κ2) is 3.25. The van der Waals surface area contributed by atoms with Crippen LogP contribution in [0.4, 0.5) is 8.78 Å². The van der Waals surface area contributed by atoms with E-state index in [-0.39, 0.29) is 0 Å². The molecule has 0 atom stereocenters. The molecule has 0 fully saturated rings. The fourth-order valence-corrected chi connectivity index (χ4v) is 1.11. The summed E-state index contributed by atoms with van der Waals surface area (Å²) >= 11 is 0. The smallest absolute Gasteiger partial charge is 0.160 e. The van der Waals surface area contributed by atoms with Crippen LogP contribution < -0.4 is 5.46 Å². The lowest BCUT2D eigenvalue weighted by atomic mass is 10.0. The van der Waals surface area contributed by atoms with Crippen LogP contribution in [0.5, 0.6) is 0 Å². The van der Waals surface area contributed by atoms with Crippen molar-refractivity contribution >= 4 is 13.3 Å². The SMILES string of the molecule is [B]c1cnn(-c2ccc(F)c(F)c2)c1. The van der Waals surface area contributed by atoms with Crippen molar-refractivity contribution in [1.82, 2.24) is 9.78 Å². The molecule has 68 valence electrons. The molecule has 0 spiro atoms. The molecule has 1 aromatic carbocycles. The molecule has 5 heteroatoms. The predicted molar refractivity (Wildman–Crippen MR) is 48.9 cm³/mol. The highest BCUT2D eigenvalue weighted by Crippen LogP contribution is 2.11. The number of hydrogen-bond donors (Lipinski definition) is 0. The van der Waals surface area contributed by atoms with Gasteiger partial charge in [-0.25, -0.2) is 13.5 Å². The molecular formula is C9H5BF2N2. The molecule has 1 aromatic heterocycles. The van der Waals surface area contributed by atoms with Gasteiger partial charge in [0.25, 0.3) is 0 Å². The van der Waals surface area contributed by atoms with Crippen LogP contribution in [-0.4, -0.2) is 17.6 Å². The van der Waals surface area contributed by atoms with E-state index in [1.54, 1.807) is 0 Å². The van der Waals surface area contributed by atoms with Crippen molar-refractivity contribution in [2.45, 2.75) is 0 Å². The van der Waals surface area contributed by atoms with Gasteiger partial charge >= 0.3 is 0 Å². The maximum absolute atomic E-state index is 12.8. The van der Waals surface area contributed by atoms with Crippen molar-refractivity contribution < 1.29 is 8.78 Å². The highest BCUT2D eigenvalue weighted by Gasteiger charge is 2.04. The van der Waals surface area contributed by atoms with E-state index in [0.29, 0.717) is 11.2 Å². The van der Waals surface area contributed by atoms with E-state index in [9.17, 15) is 8.78 Å². The third-order valence-corrected chi connectivity index (χ3v) is 1.77. The third-order valence-electron chi connectivity index (χ3n) is 1.77. The summed E-state index contributed by atoms with van der Waals surface area (Å²) in [5.74, 6) is -1.79. The summed E-state index contributed by atoms with van der Waals surface area (Å²) in [4.78, 5) is 0. The fraction of sp³-hybridized carbons (Fsp3) is 0. The van der Waals surface area contributed by atoms with Gasteiger partial charge in [0, 0.05) is 18.5 Å². The Morgan fingerprint density at radius 1 is 1.21 bits per heavy atom. The van der Waals surface area contributed by atoms with Crippen molar-refractivity contribution in [2.24, 2.45) is 0 Å². The predicted octanol–water partition coefficient (Wildman–Crippen LogP) is 0.944. The number of benzene rings is 1. The quantitative estimate of drug-likeness (QED) is 0.612. The lowest BCUT2D eigenvalue weighted by molar-refractivity contribution is 0.507. The average Bonchev–Trinajstić information content (AvgIpc) is 2.57. The molecule has 0 bridgehead atoms. The molecule has 2 rings (SSSR count). The molecule has 0 aliphatic rings. The van der Waals surface area contributed by atoms with E-state index in [0.717, 1.165) is 12.1 Å². The summed E-state index contributed by atoms with van der Waals surface area (Å²) in [5, 5.41) is 3.86. The van der Waals surface area contributed by atoms with Crippen LogP contribution in [-0.2, 0) is 0 Å². The van der Waals surface area contributed by atoms with Crippen LogP contribution in [0.15, 0.2) is 30.6 Å². The standard InChI is InChI=1S/C9H5BF2N2/c10-6-4-13-14(5-6)7-1-2-8(11)9(12)3-7/h1-5H. The maximum atomic E-state index is 12.8. The second-order valence-corrected chi connectivity index (χ2v) is 2.82. The summed E-state index contributed by atoms with van der Waals surface area (Å²) < 4.78 is 26.8. The maximum Gasteiger partial charge on any atom is 0.160 e. The number of hydrogen-bond acceptors (Lipinski definition) is 1. The van der Waals surface area contributed by atoms with Crippen LogP contribution in [0.1, 0.15) is 0 Å². The second-order valence-electron chi connectivity index (χ2n) is 2.82. The van der Waals surface area contributed by atoms with Crippen molar-refractivity contribution in [3.05, 3.63) is 42.2 Å². The Hall–Kier alpha value is -1.65. The number of nitrogens with zero attached hydrogens (tertiary/aromatic N) is 2. The molecule has 1 heterocycles. The van der Waals surface area contributed by atoms with Crippen molar-refractivity contribution in [3.63, 3.8) is 0 Å². The van der Waals surface area contributed by atoms with E-state index >= 15 is 0 Å². The number of halogens is 2. The lowest BCUT2D eigenvalue weighted by Crippen LogP contribution is -1.99. The molecule has 0 saturated heterocycles. The zero-order valence-electron chi connectivity index (χ0n) is 7.11. The molecule has 0 N–H and O–H groups in total. The van der Waals surface area contributed by atoms with Crippen LogP contribution in [0.25, 0.3) is 5.69 Å². The van der Waals surface area contributed by atoms with Gasteiger partial charge in [0.1, 0.15) is 7.85 Å². The van der Waals surface area contributed by atoms with Crippen molar-refractivity contribution in [3.8, 4) is 5.69 Å². The highest BCUT2D eigenvalue weighted by atomic mass is 19.2. The molecule has 14 heavy (non-hydrogen) atoms. The van der Waals surface area contributed by atoms with Crippen LogP contribution >= 0.6 is 0 Å². The minimum atomic E-state index is -0.906. The van der Waals surface area contributed by atoms with Crippen LogP contribution in [0.2, 0.25) is 0 Å². The van der Waals surface area contributed by atoms with Crippen LogP contribution in [0.3, 0.4) is 0 Å². The molecule has 0 unspecified atom stereocenters. The van der Waals surface area contributed by atoms with Gasteiger partial charge in [-0.1, -0.05) is 5.46 Å². The first kappa shape index (κ1) is 8.93. The zero-order chi connectivity index (χ0) is 10.1. The third kappa shape index (κ3) is 1.53. The minimum Gasteiger partial charge on any atom is -0.242 e. The summed E-state index contributed by atoms with van der Waals surface area (Å²) in [7, 11) is 5.43. The van der Waals surface area contributed by atoms with Crippen molar-refractivity contribution in [2.75, 3.05) is 0 Å². The van der Waals surface area contributed by atoms with Gasteiger partial charge in [0.05, 0.1) is 5.69 Å². The molecule has 2 radical (unpaired) electrons. The average molecular weight is 190 g/mol. The van der Waals surface area contributed by atoms with Gasteiger partial charge in [-0.3, -0.25) is 0 Å². The molecule has 0 amide bonds. The largest absolute Gasteiger partial charge is 0.242 e. The Kier molecular flexibility index (Phi) is 2.07. The lowest BCUT2D eigenvalue weighted by Gasteiger charge is -2.01. The summed E-state index contributed by atoms with van der Waals surface area (Å²) in [5.41, 5.74) is 0.898. The molecule has 0 aliphatic heterocycles. The van der Waals surface area contributed by atoms with Crippen LogP contribution in [0, 0.1) is 11.6 Å². The Morgan fingerprint density at radius 2 is 2.00 bits per heavy atom. The highest BCUT2D eigenvalue weighted by molar-refractivity contribution is 6.31. The fourth-order valence-electron chi connectivity index (χ4n) is 1.11. The van der Waals surface area contributed by atoms with E-state index in [4.69, 9.17) is 7.85 Å². The molecule has 2 aromatic rings. The number of rotatable bonds is 1. The minimum absolute atomic E-state index is 0.431. The monoisotopic (exact) mass is 190 g/mol. The van der Waals surface area contributed by atoms with Gasteiger partial charge in [-0.2, -0.15) is 5.10 Å². The number of aromatic nitrogens is 2. The summed E-state index contributed by atoms with van der Waals surface area (Å²) in [6, 6.07) is 3.52. The van der Waals surface area contributed by atoms with E-state index in [2.05, 4.69) is 5.10 Å². The van der Waals surface area contributed by atoms with Gasteiger partial charge in [-0.05, 0) is 12.1 Å². The first-order valence-electron chi connectivity index (χ1n) is 3.92. The van der Waals surface area contributed by atoms with Gasteiger partial charge in [0.15, 0.2) is 11.6 Å². The van der Waals surface area contributed by atoms with Gasteiger partial charge in [-0.15, -0.1) is 0 Å². The first-order chi connectivity index (χ1) is 6.66. The first-order valence-corrected chi connectivity index (χ1v) is 3.92. The summed E-state index contributed by atoms with van der Waals surface area (Å²) in [6.07, 6.45) is 2.95. The summed E-state index contributed by atoms with van der Waals surface area (Å²) in [6.45, 7) is 0. The Labute approximate surface area is 80.6 Å². The Bertz CT molecular complexity index is 468. The molecule has 0 aliphatic carbocycles. The van der Waals surface area contributed by atoms with E-state index in [1.165, 1.54) is 23.1 Å². The van der Waals surface area contributed by atoms with E-state index < -0.39 is 11.6 Å². The van der Waals surface area contributed by atoms with Gasteiger partial charge < -0.3 is 0 Å². The molecule has 0 saturated carbocycles. The van der Waals surface area contributed by atoms with E-state index in [1.807, 2.05) is 0 Å². The molecular weight excluding hydrogens is 185 g/mol. The van der Waals surface area contributed by atoms with Crippen molar-refractivity contribution in [1.29, 1.82) is 0 Å². The van der Waals surface area contributed by atoms with Gasteiger partial charge in [0.2, 0.25) is 0 Å². The normalized spacial score (nSPS) is 10.4. The molecule has 2 nitrogen and oxygen atoms in total. The Morgan fingerprint density at radius 3 is 2.57 bits per heavy atom. The zero-order valence-corrected chi connectivity index (χ0v) is 7.11. The Balaban J connectivity index is 2.47. The topological polar surface area (TPSA) is 17.8 Å².